The van der Waals surface area contributed by atoms with Gasteiger partial charge in [-0.3, -0.25) is 38.2 Å². The predicted molar refractivity (Wildman–Crippen MR) is 199 cm³/mol. The van der Waals surface area contributed by atoms with Crippen molar-refractivity contribution in [3.8, 4) is 11.4 Å². The Hall–Kier alpha value is -5.73. The lowest BCUT2D eigenvalue weighted by Gasteiger charge is -2.25. The first-order chi connectivity index (χ1) is 24.0. The van der Waals surface area contributed by atoms with Crippen LogP contribution in [0.1, 0.15) is 23.4 Å². The van der Waals surface area contributed by atoms with Gasteiger partial charge in [0.05, 0.1) is 34.1 Å². The Balaban J connectivity index is 1.35. The van der Waals surface area contributed by atoms with Gasteiger partial charge in [0.25, 0.3) is 17.0 Å². The molecule has 1 aliphatic rings. The van der Waals surface area contributed by atoms with Crippen molar-refractivity contribution >= 4 is 63.5 Å². The minimum atomic E-state index is -1.46. The zero-order valence-corrected chi connectivity index (χ0v) is 29.2. The lowest BCUT2D eigenvalue weighted by atomic mass is 10.1. The molecule has 254 valence electrons. The molecule has 6 rings (SSSR count). The molecule has 12 nitrogen and oxygen atoms in total. The van der Waals surface area contributed by atoms with Gasteiger partial charge >= 0.3 is 0 Å². The van der Waals surface area contributed by atoms with Gasteiger partial charge in [0, 0.05) is 14.1 Å². The minimum absolute atomic E-state index is 0.0123. The Labute approximate surface area is 296 Å². The number of carbonyl (C=O) groups is 3. The highest BCUT2D eigenvalue weighted by Crippen LogP contribution is 2.35. The highest BCUT2D eigenvalue weighted by atomic mass is 32.2. The smallest absolute Gasteiger partial charge is 0.295 e. The molecule has 0 aliphatic carbocycles. The van der Waals surface area contributed by atoms with Crippen molar-refractivity contribution in [1.29, 1.82) is 0 Å². The third-order valence-electron chi connectivity index (χ3n) is 8.53. The van der Waals surface area contributed by atoms with Crippen molar-refractivity contribution in [2.24, 2.45) is 14.1 Å². The number of aromatic nitrogens is 4. The summed E-state index contributed by atoms with van der Waals surface area (Å²) in [7, 11) is 3.38. The van der Waals surface area contributed by atoms with E-state index >= 15 is 0 Å². The standard InChI is InChI=1S/C36H33N7O5S2/c1-22-30(34(47)42(39(22)3)25-16-10-6-11-17-25)37-29(44)21-27(41-33(46)28(50-36(41)49)20-24-14-8-5-9-15-24)32(45)38-31-23(2)40(4)43(35(31)48)26-18-12-7-13-19-26/h5-20,27H,21H2,1-4H3,(H,37,44)(H,38,45)/b28-20-. The van der Waals surface area contributed by atoms with Crippen molar-refractivity contribution < 1.29 is 14.4 Å². The van der Waals surface area contributed by atoms with Gasteiger partial charge in [-0.25, -0.2) is 9.36 Å². The third kappa shape index (κ3) is 6.37. The molecule has 0 spiro atoms. The number of nitrogens with zero attached hydrogens (tertiary/aromatic N) is 5. The quantitative estimate of drug-likeness (QED) is 0.170. The first-order valence-corrected chi connectivity index (χ1v) is 16.8. The lowest BCUT2D eigenvalue weighted by Crippen LogP contribution is -2.48. The number of hydrogen-bond donors (Lipinski definition) is 2. The van der Waals surface area contributed by atoms with E-state index < -0.39 is 41.3 Å². The number of benzene rings is 3. The molecule has 1 saturated heterocycles. The topological polar surface area (TPSA) is 132 Å². The Kier molecular flexibility index (Phi) is 9.57. The number of anilines is 2. The van der Waals surface area contributed by atoms with Gasteiger partial charge in [0.15, 0.2) is 0 Å². The summed E-state index contributed by atoms with van der Waals surface area (Å²) in [5, 5.41) is 5.37. The number of carbonyl (C=O) groups excluding carboxylic acids is 3. The maximum atomic E-state index is 14.2. The molecule has 1 aliphatic heterocycles. The zero-order chi connectivity index (χ0) is 35.7. The van der Waals surface area contributed by atoms with E-state index in [2.05, 4.69) is 10.6 Å². The molecule has 5 aromatic rings. The van der Waals surface area contributed by atoms with Gasteiger partial charge in [0.2, 0.25) is 11.8 Å². The van der Waals surface area contributed by atoms with Gasteiger partial charge in [-0.1, -0.05) is 90.7 Å². The van der Waals surface area contributed by atoms with E-state index in [-0.39, 0.29) is 20.6 Å². The predicted octanol–water partition coefficient (Wildman–Crippen LogP) is 4.52. The largest absolute Gasteiger partial charge is 0.320 e. The maximum Gasteiger partial charge on any atom is 0.295 e. The van der Waals surface area contributed by atoms with Crippen LogP contribution in [-0.2, 0) is 28.5 Å². The second-order valence-corrected chi connectivity index (χ2v) is 13.3. The molecule has 0 saturated carbocycles. The molecule has 3 aromatic carbocycles. The summed E-state index contributed by atoms with van der Waals surface area (Å²) in [6.07, 6.45) is 1.10. The average molecular weight is 708 g/mol. The van der Waals surface area contributed by atoms with E-state index in [1.54, 1.807) is 91.9 Å². The molecule has 0 radical (unpaired) electrons. The zero-order valence-electron chi connectivity index (χ0n) is 27.6. The van der Waals surface area contributed by atoms with Crippen LogP contribution in [0.25, 0.3) is 17.5 Å². The van der Waals surface area contributed by atoms with Crippen molar-refractivity contribution in [3.63, 3.8) is 0 Å². The molecular formula is C36H33N7O5S2. The number of hydrogen-bond acceptors (Lipinski definition) is 7. The highest BCUT2D eigenvalue weighted by molar-refractivity contribution is 8.26. The molecule has 3 amide bonds. The fraction of sp³-hybridized carbons (Fsp3) is 0.167. The number of nitrogens with one attached hydrogen (secondary N) is 2. The van der Waals surface area contributed by atoms with Gasteiger partial charge < -0.3 is 10.6 Å². The number of thiocarbonyl (C=S) groups is 1. The summed E-state index contributed by atoms with van der Waals surface area (Å²) >= 11 is 6.61. The highest BCUT2D eigenvalue weighted by Gasteiger charge is 2.42. The van der Waals surface area contributed by atoms with Gasteiger partial charge in [0.1, 0.15) is 21.7 Å². The Morgan fingerprint density at radius 1 is 0.740 bits per heavy atom. The second kappa shape index (κ2) is 14.0. The molecule has 50 heavy (non-hydrogen) atoms. The van der Waals surface area contributed by atoms with E-state index in [1.165, 1.54) is 9.36 Å². The number of para-hydroxylation sites is 2. The number of amides is 3. The molecule has 1 atom stereocenters. The van der Waals surface area contributed by atoms with E-state index in [0.717, 1.165) is 22.2 Å². The van der Waals surface area contributed by atoms with Crippen LogP contribution in [-0.4, -0.2) is 51.7 Å². The Morgan fingerprint density at radius 2 is 1.20 bits per heavy atom. The van der Waals surface area contributed by atoms with E-state index in [4.69, 9.17) is 12.2 Å². The van der Waals surface area contributed by atoms with Crippen LogP contribution < -0.4 is 21.8 Å². The third-order valence-corrected chi connectivity index (χ3v) is 9.87. The van der Waals surface area contributed by atoms with E-state index in [9.17, 15) is 24.0 Å². The van der Waals surface area contributed by atoms with Crippen LogP contribution in [0.3, 0.4) is 0 Å². The van der Waals surface area contributed by atoms with Crippen molar-refractivity contribution in [2.45, 2.75) is 26.3 Å². The van der Waals surface area contributed by atoms with E-state index in [0.29, 0.717) is 22.8 Å². The Morgan fingerprint density at radius 3 is 1.70 bits per heavy atom. The first-order valence-electron chi connectivity index (χ1n) is 15.6. The molecule has 2 aromatic heterocycles. The summed E-state index contributed by atoms with van der Waals surface area (Å²) < 4.78 is 6.11. The van der Waals surface area contributed by atoms with Crippen molar-refractivity contribution in [1.82, 2.24) is 23.6 Å². The molecule has 1 unspecified atom stereocenters. The normalized spacial score (nSPS) is 14.3. The summed E-state index contributed by atoms with van der Waals surface area (Å²) in [5.41, 5.74) is 1.91. The summed E-state index contributed by atoms with van der Waals surface area (Å²) in [6, 6.07) is 25.6. The van der Waals surface area contributed by atoms with Crippen molar-refractivity contribution in [2.75, 3.05) is 10.6 Å². The van der Waals surface area contributed by atoms with Crippen LogP contribution in [0, 0.1) is 13.8 Å². The fourth-order valence-corrected chi connectivity index (χ4v) is 7.10. The second-order valence-electron chi connectivity index (χ2n) is 11.6. The average Bonchev–Trinajstić information content (AvgIpc) is 3.60. The maximum absolute atomic E-state index is 14.2. The molecule has 0 bridgehead atoms. The van der Waals surface area contributed by atoms with Crippen LogP contribution >= 0.6 is 24.0 Å². The fourth-order valence-electron chi connectivity index (χ4n) is 5.75. The number of thioether (sulfide) groups is 1. The molecule has 14 heteroatoms. The van der Waals surface area contributed by atoms with Crippen LogP contribution in [0.4, 0.5) is 11.4 Å². The van der Waals surface area contributed by atoms with E-state index in [1.807, 2.05) is 42.5 Å². The van der Waals surface area contributed by atoms with Gasteiger partial charge in [-0.15, -0.1) is 0 Å². The molecule has 2 N–H and O–H groups in total. The van der Waals surface area contributed by atoms with Crippen LogP contribution in [0.15, 0.2) is 105 Å². The summed E-state index contributed by atoms with van der Waals surface area (Å²) in [6.45, 7) is 3.36. The monoisotopic (exact) mass is 707 g/mol. The number of rotatable bonds is 9. The summed E-state index contributed by atoms with van der Waals surface area (Å²) in [5.74, 6) is -2.07. The van der Waals surface area contributed by atoms with Crippen molar-refractivity contribution in [3.05, 3.63) is 134 Å². The van der Waals surface area contributed by atoms with Crippen LogP contribution in [0.2, 0.25) is 0 Å². The molecule has 1 fully saturated rings. The van der Waals surface area contributed by atoms with Gasteiger partial charge in [-0.2, -0.15) is 0 Å². The summed E-state index contributed by atoms with van der Waals surface area (Å²) in [4.78, 5) is 70.3. The van der Waals surface area contributed by atoms with Crippen LogP contribution in [0.5, 0.6) is 0 Å². The molecule has 3 heterocycles. The minimum Gasteiger partial charge on any atom is -0.320 e. The van der Waals surface area contributed by atoms with Gasteiger partial charge in [-0.05, 0) is 49.8 Å². The Bertz CT molecular complexity index is 2290. The SMILES string of the molecule is Cc1c(NC(=O)CC(C(=O)Nc2c(C)n(C)n(-c3ccccc3)c2=O)N2C(=O)/C(=C/c3ccccc3)SC2=S)c(=O)n(-c2ccccc2)n1C. The molecular weight excluding hydrogens is 675 g/mol. The lowest BCUT2D eigenvalue weighted by molar-refractivity contribution is -0.132. The first kappa shape index (κ1) is 34.1.